The van der Waals surface area contributed by atoms with E-state index in [2.05, 4.69) is 10.4 Å². The lowest BCUT2D eigenvalue weighted by Gasteiger charge is -2.24. The number of carbonyl (C=O) groups is 1. The van der Waals surface area contributed by atoms with Crippen LogP contribution >= 0.6 is 11.6 Å². The van der Waals surface area contributed by atoms with E-state index in [-0.39, 0.29) is 13.1 Å². The van der Waals surface area contributed by atoms with Crippen molar-refractivity contribution in [2.75, 3.05) is 13.1 Å². The molecule has 1 aliphatic rings. The van der Waals surface area contributed by atoms with Crippen LogP contribution in [0.1, 0.15) is 18.5 Å². The number of amides is 1. The van der Waals surface area contributed by atoms with Crippen LogP contribution in [-0.4, -0.2) is 45.9 Å². The Morgan fingerprint density at radius 1 is 1.57 bits per heavy atom. The number of likely N-dealkylation sites (tertiary alicyclic amines) is 1. The summed E-state index contributed by atoms with van der Waals surface area (Å²) in [6.45, 7) is -0.674. The third kappa shape index (κ3) is 4.34. The van der Waals surface area contributed by atoms with Crippen molar-refractivity contribution in [1.82, 2.24) is 20.0 Å². The first kappa shape index (κ1) is 16.1. The molecule has 1 aliphatic heterocycles. The van der Waals surface area contributed by atoms with Gasteiger partial charge in [-0.15, -0.1) is 0 Å². The van der Waals surface area contributed by atoms with Crippen molar-refractivity contribution >= 4 is 17.5 Å². The summed E-state index contributed by atoms with van der Waals surface area (Å²) in [5.41, 5.74) is 0.493. The number of halogens is 4. The Labute approximate surface area is 125 Å². The van der Waals surface area contributed by atoms with Gasteiger partial charge in [0, 0.05) is 13.2 Å². The predicted octanol–water partition coefficient (Wildman–Crippen LogP) is 1.72. The Kier molecular flexibility index (Phi) is 4.77. The first-order chi connectivity index (χ1) is 9.76. The number of hydrogen-bond acceptors (Lipinski definition) is 3. The van der Waals surface area contributed by atoms with E-state index in [0.29, 0.717) is 23.6 Å². The molecule has 1 unspecified atom stereocenters. The zero-order chi connectivity index (χ0) is 15.6. The largest absolute Gasteiger partial charge is 0.401 e. The number of nitrogens with one attached hydrogen (secondary N) is 1. The summed E-state index contributed by atoms with van der Waals surface area (Å²) in [7, 11) is 1.69. The monoisotopic (exact) mass is 324 g/mol. The van der Waals surface area contributed by atoms with E-state index >= 15 is 0 Å². The van der Waals surface area contributed by atoms with Crippen molar-refractivity contribution in [2.24, 2.45) is 7.05 Å². The Bertz CT molecular complexity index is 517. The van der Waals surface area contributed by atoms with Crippen LogP contribution < -0.4 is 5.32 Å². The van der Waals surface area contributed by atoms with E-state index in [1.807, 2.05) is 0 Å². The van der Waals surface area contributed by atoms with Crippen LogP contribution in [0.4, 0.5) is 13.2 Å². The molecule has 21 heavy (non-hydrogen) atoms. The van der Waals surface area contributed by atoms with Gasteiger partial charge in [-0.25, -0.2) is 0 Å². The van der Waals surface area contributed by atoms with Gasteiger partial charge in [-0.1, -0.05) is 11.6 Å². The third-order valence-corrected chi connectivity index (χ3v) is 3.65. The molecule has 1 aromatic rings. The summed E-state index contributed by atoms with van der Waals surface area (Å²) >= 11 is 5.91. The molecule has 0 saturated carbocycles. The minimum atomic E-state index is -4.30. The van der Waals surface area contributed by atoms with Gasteiger partial charge in [0.05, 0.1) is 24.2 Å². The summed E-state index contributed by atoms with van der Waals surface area (Å²) in [4.78, 5) is 13.2. The van der Waals surface area contributed by atoms with E-state index in [0.717, 1.165) is 4.90 Å². The Balaban J connectivity index is 1.91. The van der Waals surface area contributed by atoms with Gasteiger partial charge in [0.25, 0.3) is 0 Å². The second-order valence-electron chi connectivity index (χ2n) is 5.06. The quantitative estimate of drug-likeness (QED) is 0.917. The molecule has 0 spiro atoms. The van der Waals surface area contributed by atoms with Crippen molar-refractivity contribution in [3.05, 3.63) is 16.9 Å². The topological polar surface area (TPSA) is 50.2 Å². The van der Waals surface area contributed by atoms with Gasteiger partial charge in [-0.05, 0) is 19.4 Å². The van der Waals surface area contributed by atoms with Gasteiger partial charge in [-0.2, -0.15) is 18.3 Å². The fraction of sp³-hybridized carbons (Fsp3) is 0.667. The molecule has 0 aliphatic carbocycles. The molecule has 9 heteroatoms. The van der Waals surface area contributed by atoms with Gasteiger partial charge in [-0.3, -0.25) is 14.4 Å². The van der Waals surface area contributed by atoms with Crippen LogP contribution in [-0.2, 0) is 18.4 Å². The van der Waals surface area contributed by atoms with E-state index in [1.165, 1.54) is 4.68 Å². The summed E-state index contributed by atoms with van der Waals surface area (Å²) in [6, 6.07) is -0.742. The first-order valence-corrected chi connectivity index (χ1v) is 6.90. The first-order valence-electron chi connectivity index (χ1n) is 6.53. The van der Waals surface area contributed by atoms with Crippen molar-refractivity contribution in [2.45, 2.75) is 31.6 Å². The van der Waals surface area contributed by atoms with Crippen LogP contribution in [0.5, 0.6) is 0 Å². The number of nitrogens with zero attached hydrogens (tertiary/aromatic N) is 3. The Morgan fingerprint density at radius 3 is 2.86 bits per heavy atom. The minimum Gasteiger partial charge on any atom is -0.349 e. The molecule has 1 fully saturated rings. The van der Waals surface area contributed by atoms with Gasteiger partial charge < -0.3 is 5.32 Å². The lowest BCUT2D eigenvalue weighted by molar-refractivity contribution is -0.151. The van der Waals surface area contributed by atoms with Crippen LogP contribution in [0.15, 0.2) is 6.20 Å². The molecule has 0 bridgehead atoms. The molecule has 5 nitrogen and oxygen atoms in total. The molecular formula is C12H16ClF3N4O. The van der Waals surface area contributed by atoms with E-state index in [4.69, 9.17) is 11.6 Å². The van der Waals surface area contributed by atoms with E-state index in [9.17, 15) is 18.0 Å². The van der Waals surface area contributed by atoms with Crippen LogP contribution in [0.2, 0.25) is 5.02 Å². The summed E-state index contributed by atoms with van der Waals surface area (Å²) < 4.78 is 38.9. The zero-order valence-electron chi connectivity index (χ0n) is 11.5. The molecule has 2 heterocycles. The average Bonchev–Trinajstić information content (AvgIpc) is 2.91. The molecule has 118 valence electrons. The van der Waals surface area contributed by atoms with Gasteiger partial charge in [0.15, 0.2) is 0 Å². The van der Waals surface area contributed by atoms with Crippen molar-refractivity contribution in [3.63, 3.8) is 0 Å². The molecule has 2 rings (SSSR count). The van der Waals surface area contributed by atoms with Crippen LogP contribution in [0, 0.1) is 0 Å². The Morgan fingerprint density at radius 2 is 2.29 bits per heavy atom. The fourth-order valence-electron chi connectivity index (χ4n) is 2.46. The summed E-state index contributed by atoms with van der Waals surface area (Å²) in [6.07, 6.45) is -1.70. The zero-order valence-corrected chi connectivity index (χ0v) is 12.2. The molecule has 1 aromatic heterocycles. The number of aryl methyl sites for hydroxylation is 1. The number of rotatable bonds is 4. The number of alkyl halides is 3. The smallest absolute Gasteiger partial charge is 0.349 e. The maximum atomic E-state index is 12.4. The number of hydrogen-bond donors (Lipinski definition) is 1. The molecule has 0 aromatic carbocycles. The summed E-state index contributed by atoms with van der Waals surface area (Å²) in [5.74, 6) is -0.418. The number of carbonyl (C=O) groups excluding carboxylic acids is 1. The maximum Gasteiger partial charge on any atom is 0.401 e. The predicted molar refractivity (Wildman–Crippen MR) is 70.7 cm³/mol. The fourth-order valence-corrected chi connectivity index (χ4v) is 2.70. The SMILES string of the molecule is Cn1cc(Cl)c(CNC(=O)C2CCCN2CC(F)(F)F)n1. The number of aromatic nitrogens is 2. The van der Waals surface area contributed by atoms with Crippen LogP contribution in [0.3, 0.4) is 0 Å². The highest BCUT2D eigenvalue weighted by Crippen LogP contribution is 2.24. The molecule has 0 radical (unpaired) electrons. The molecular weight excluding hydrogens is 309 g/mol. The van der Waals surface area contributed by atoms with Gasteiger partial charge in [0.2, 0.25) is 5.91 Å². The maximum absolute atomic E-state index is 12.4. The third-order valence-electron chi connectivity index (χ3n) is 3.33. The molecule has 1 atom stereocenters. The standard InChI is InChI=1S/C12H16ClF3N4O/c1-19-6-8(13)9(18-19)5-17-11(21)10-3-2-4-20(10)7-12(14,15)16/h6,10H,2-5,7H2,1H3,(H,17,21). The van der Waals surface area contributed by atoms with Gasteiger partial charge >= 0.3 is 6.18 Å². The minimum absolute atomic E-state index is 0.106. The Hall–Kier alpha value is -1.28. The second-order valence-corrected chi connectivity index (χ2v) is 5.47. The highest BCUT2D eigenvalue weighted by Gasteiger charge is 2.38. The highest BCUT2D eigenvalue weighted by atomic mass is 35.5. The molecule has 1 saturated heterocycles. The van der Waals surface area contributed by atoms with Crippen molar-refractivity contribution < 1.29 is 18.0 Å². The molecule has 1 amide bonds. The second kappa shape index (κ2) is 6.23. The highest BCUT2D eigenvalue weighted by molar-refractivity contribution is 6.31. The lowest BCUT2D eigenvalue weighted by atomic mass is 10.2. The van der Waals surface area contributed by atoms with Crippen LogP contribution in [0.25, 0.3) is 0 Å². The lowest BCUT2D eigenvalue weighted by Crippen LogP contribution is -2.46. The normalized spacial score (nSPS) is 20.0. The van der Waals surface area contributed by atoms with Crippen molar-refractivity contribution in [3.8, 4) is 0 Å². The average molecular weight is 325 g/mol. The van der Waals surface area contributed by atoms with E-state index < -0.39 is 24.7 Å². The van der Waals surface area contributed by atoms with Crippen molar-refractivity contribution in [1.29, 1.82) is 0 Å². The van der Waals surface area contributed by atoms with Gasteiger partial charge in [0.1, 0.15) is 5.69 Å². The summed E-state index contributed by atoms with van der Waals surface area (Å²) in [5, 5.41) is 7.08. The van der Waals surface area contributed by atoms with E-state index in [1.54, 1.807) is 13.2 Å². The molecule has 1 N–H and O–H groups in total.